The van der Waals surface area contributed by atoms with Gasteiger partial charge in [0.15, 0.2) is 0 Å². The maximum Gasteiger partial charge on any atom is 0.427 e. The number of rotatable bonds is 0. The van der Waals surface area contributed by atoms with Gasteiger partial charge in [0.05, 0.1) is 0 Å². The van der Waals surface area contributed by atoms with Gasteiger partial charge in [0.2, 0.25) is 0 Å². The number of hydrogen-bond acceptors (Lipinski definition) is 0. The number of alkyl halides is 5. The lowest BCUT2D eigenvalue weighted by Gasteiger charge is -2.13. The van der Waals surface area contributed by atoms with Gasteiger partial charge in [-0.2, -0.15) is 13.9 Å². The van der Waals surface area contributed by atoms with Crippen LogP contribution in [0.1, 0.15) is 0 Å². The monoisotopic (exact) mass is 183 g/mol. The van der Waals surface area contributed by atoms with Crippen molar-refractivity contribution in [2.45, 2.75) is 9.90 Å². The summed E-state index contributed by atoms with van der Waals surface area (Å²) in [6.07, 6.45) is -4.52. The van der Waals surface area contributed by atoms with Crippen molar-refractivity contribution in [2.24, 2.45) is 0 Å². The minimum Gasteiger partial charge on any atom is -0.168 e. The van der Waals surface area contributed by atoms with E-state index >= 15 is 0 Å². The third kappa shape index (κ3) is 2.31. The molecule has 0 heterocycles. The topological polar surface area (TPSA) is 19.9 Å². The predicted molar refractivity (Wildman–Crippen MR) is 25.9 cm³/mol. The summed E-state index contributed by atoms with van der Waals surface area (Å²) in [5.41, 5.74) is 0. The fourth-order valence-electron chi connectivity index (χ4n) is 0. The Morgan fingerprint density at radius 2 is 1.25 bits per heavy atom. The van der Waals surface area contributed by atoms with Crippen molar-refractivity contribution >= 4 is 34.8 Å². The molecule has 8 heavy (non-hydrogen) atoms. The Bertz CT molecular complexity index is 70.3. The van der Waals surface area contributed by atoms with Crippen molar-refractivity contribution in [3.05, 3.63) is 0 Å². The van der Waals surface area contributed by atoms with Crippen molar-refractivity contribution in [1.82, 2.24) is 0 Å². The first kappa shape index (κ1) is 8.69. The van der Waals surface area contributed by atoms with E-state index in [0.29, 0.717) is 0 Å². The van der Waals surface area contributed by atoms with E-state index in [-0.39, 0.29) is 0 Å². The average molecular weight is 184 g/mol. The summed E-state index contributed by atoms with van der Waals surface area (Å²) < 4.78 is 19.5. The quantitative estimate of drug-likeness (QED) is 0.515. The minimum atomic E-state index is -4.52. The summed E-state index contributed by atoms with van der Waals surface area (Å²) in [6.45, 7) is 0. The van der Waals surface area contributed by atoms with E-state index in [2.05, 4.69) is 34.8 Å². The highest BCUT2D eigenvalue weighted by atomic mass is 35.6. The smallest absolute Gasteiger partial charge is 0.168 e. The molecule has 0 rings (SSSR count). The van der Waals surface area contributed by atoms with E-state index in [1.54, 1.807) is 0 Å². The van der Waals surface area contributed by atoms with Gasteiger partial charge < -0.3 is 0 Å². The van der Waals surface area contributed by atoms with Crippen LogP contribution in [0.4, 0.5) is 8.78 Å². The fourth-order valence-corrected chi connectivity index (χ4v) is 0. The van der Waals surface area contributed by atoms with Crippen molar-refractivity contribution in [2.75, 3.05) is 0 Å². The second-order valence-corrected chi connectivity index (χ2v) is 3.30. The van der Waals surface area contributed by atoms with Gasteiger partial charge in [-0.25, -0.2) is 0 Å². The predicted octanol–water partition coefficient (Wildman–Crippen LogP) is 2.38. The van der Waals surface area contributed by atoms with Crippen LogP contribution in [0, 0.1) is 0 Å². The van der Waals surface area contributed by atoms with Crippen LogP contribution in [0.3, 0.4) is 0 Å². The molecular formula is C2Cl3F2O. The molecule has 0 aliphatic heterocycles. The fraction of sp³-hybridized carbons (Fsp3) is 1.00. The van der Waals surface area contributed by atoms with Gasteiger partial charge in [-0.3, -0.25) is 0 Å². The average Bonchev–Trinajstić information content (AvgIpc) is 1.25. The molecular weight excluding hydrogens is 184 g/mol. The molecule has 0 atom stereocenters. The molecule has 0 spiro atoms. The van der Waals surface area contributed by atoms with Crippen molar-refractivity contribution in [3.8, 4) is 0 Å². The van der Waals surface area contributed by atoms with Gasteiger partial charge in [0.1, 0.15) is 0 Å². The van der Waals surface area contributed by atoms with Gasteiger partial charge >= 0.3 is 6.11 Å². The molecule has 0 aliphatic rings. The molecule has 0 aromatic carbocycles. The molecule has 0 N–H and O–H groups in total. The zero-order valence-corrected chi connectivity index (χ0v) is 5.57. The standard InChI is InChI=1S/C2Cl3F2O/c3-1(4,5)2(6,7)8. The van der Waals surface area contributed by atoms with Gasteiger partial charge in [-0.15, -0.1) is 0 Å². The Morgan fingerprint density at radius 3 is 1.25 bits per heavy atom. The van der Waals surface area contributed by atoms with Gasteiger partial charge in [0.25, 0.3) is 3.79 Å². The molecule has 1 nitrogen and oxygen atoms in total. The normalized spacial score (nSPS) is 14.2. The molecule has 0 fully saturated rings. The molecule has 0 aliphatic carbocycles. The Morgan fingerprint density at radius 1 is 1.12 bits per heavy atom. The molecule has 0 unspecified atom stereocenters. The maximum absolute atomic E-state index is 11.3. The second kappa shape index (κ2) is 2.14. The lowest BCUT2D eigenvalue weighted by molar-refractivity contribution is -0.237. The Kier molecular flexibility index (Phi) is 2.32. The van der Waals surface area contributed by atoms with Crippen LogP contribution in [-0.2, 0) is 5.11 Å². The SMILES string of the molecule is [O]C(F)(F)C(Cl)(Cl)Cl. The van der Waals surface area contributed by atoms with E-state index < -0.39 is 9.90 Å². The first-order chi connectivity index (χ1) is 3.25. The highest BCUT2D eigenvalue weighted by molar-refractivity contribution is 6.68. The van der Waals surface area contributed by atoms with E-state index in [1.165, 1.54) is 0 Å². The molecule has 6 heteroatoms. The van der Waals surface area contributed by atoms with E-state index in [0.717, 1.165) is 0 Å². The van der Waals surface area contributed by atoms with Gasteiger partial charge in [-0.1, -0.05) is 34.8 Å². The second-order valence-electron chi connectivity index (χ2n) is 1.01. The van der Waals surface area contributed by atoms with E-state index in [1.807, 2.05) is 0 Å². The molecule has 0 amide bonds. The van der Waals surface area contributed by atoms with Crippen LogP contribution in [0.5, 0.6) is 0 Å². The van der Waals surface area contributed by atoms with Crippen LogP contribution in [-0.4, -0.2) is 9.90 Å². The van der Waals surface area contributed by atoms with Gasteiger partial charge in [0, 0.05) is 0 Å². The lowest BCUT2D eigenvalue weighted by Crippen LogP contribution is -2.30. The van der Waals surface area contributed by atoms with E-state index in [9.17, 15) is 13.9 Å². The van der Waals surface area contributed by atoms with Crippen LogP contribution < -0.4 is 0 Å². The number of halogens is 5. The summed E-state index contributed by atoms with van der Waals surface area (Å²) in [5, 5.41) is 9.40. The molecule has 0 saturated carbocycles. The van der Waals surface area contributed by atoms with Crippen LogP contribution in [0.25, 0.3) is 0 Å². The largest absolute Gasteiger partial charge is 0.427 e. The molecule has 1 radical (unpaired) electrons. The number of hydrogen-bond donors (Lipinski definition) is 0. The third-order valence-corrected chi connectivity index (χ3v) is 0.990. The molecule has 0 bridgehead atoms. The summed E-state index contributed by atoms with van der Waals surface area (Å²) in [4.78, 5) is 0. The Hall–Kier alpha value is 0.690. The maximum atomic E-state index is 11.3. The van der Waals surface area contributed by atoms with Crippen LogP contribution in [0.2, 0.25) is 0 Å². The van der Waals surface area contributed by atoms with Crippen molar-refractivity contribution < 1.29 is 13.9 Å². The summed E-state index contributed by atoms with van der Waals surface area (Å²) >= 11 is 13.4. The molecule has 0 aromatic rings. The Balaban J connectivity index is 4.02. The first-order valence-electron chi connectivity index (χ1n) is 1.40. The molecule has 0 saturated heterocycles. The summed E-state index contributed by atoms with van der Waals surface area (Å²) in [7, 11) is 0. The zero-order chi connectivity index (χ0) is 7.00. The Labute approximate surface area is 59.1 Å². The van der Waals surface area contributed by atoms with Gasteiger partial charge in [-0.05, 0) is 0 Å². The minimum absolute atomic E-state index is 3.03. The summed E-state index contributed by atoms with van der Waals surface area (Å²) in [5.74, 6) is 0. The van der Waals surface area contributed by atoms with Crippen molar-refractivity contribution in [1.29, 1.82) is 0 Å². The lowest BCUT2D eigenvalue weighted by atomic mass is 10.7. The molecule has 0 aromatic heterocycles. The van der Waals surface area contributed by atoms with Crippen LogP contribution in [0.15, 0.2) is 0 Å². The molecule has 49 valence electrons. The first-order valence-corrected chi connectivity index (χ1v) is 2.53. The van der Waals surface area contributed by atoms with Crippen LogP contribution >= 0.6 is 34.8 Å². The summed E-state index contributed by atoms with van der Waals surface area (Å²) in [6, 6.07) is 0. The third-order valence-electron chi connectivity index (χ3n) is 0.330. The van der Waals surface area contributed by atoms with E-state index in [4.69, 9.17) is 0 Å². The zero-order valence-electron chi connectivity index (χ0n) is 3.30. The highest BCUT2D eigenvalue weighted by Gasteiger charge is 2.51. The highest BCUT2D eigenvalue weighted by Crippen LogP contribution is 2.40. The van der Waals surface area contributed by atoms with Crippen molar-refractivity contribution in [3.63, 3.8) is 0 Å².